The highest BCUT2D eigenvalue weighted by Gasteiger charge is 2.25. The zero-order valence-corrected chi connectivity index (χ0v) is 19.4. The van der Waals surface area contributed by atoms with E-state index in [2.05, 4.69) is 53.6 Å². The Bertz CT molecular complexity index is 707. The topological polar surface area (TPSA) is 69.2 Å². The molecule has 3 rings (SSSR count). The normalized spacial score (nSPS) is 19.3. The minimum atomic E-state index is -0.201. The van der Waals surface area contributed by atoms with Crippen molar-refractivity contribution in [3.8, 4) is 0 Å². The average molecular weight is 430 g/mol. The third-order valence-corrected chi connectivity index (χ3v) is 6.17. The standard InChI is InChI=1S/C24H39N5O2/c1-4-25-23(27-21-12-16-29(17-13-21)24(30)31-5-2)26-18-22(28-14-6-7-15-28)20-10-8-19(3)9-11-20/h8-11,21-22H,4-7,12-18H2,1-3H3,(H2,25,26,27). The largest absolute Gasteiger partial charge is 0.450 e. The molecule has 1 aromatic rings. The number of carbonyl (C=O) groups is 1. The van der Waals surface area contributed by atoms with Crippen LogP contribution in [0, 0.1) is 6.92 Å². The van der Waals surface area contributed by atoms with E-state index < -0.39 is 0 Å². The number of ether oxygens (including phenoxy) is 1. The SMILES string of the molecule is CCNC(=NCC(c1ccc(C)cc1)N1CCCC1)NC1CCN(C(=O)OCC)CC1. The van der Waals surface area contributed by atoms with Gasteiger partial charge in [-0.1, -0.05) is 29.8 Å². The highest BCUT2D eigenvalue weighted by atomic mass is 16.6. The van der Waals surface area contributed by atoms with Crippen LogP contribution in [0.3, 0.4) is 0 Å². The summed E-state index contributed by atoms with van der Waals surface area (Å²) in [7, 11) is 0. The van der Waals surface area contributed by atoms with Crippen LogP contribution in [-0.2, 0) is 4.74 Å². The molecule has 2 aliphatic rings. The molecule has 172 valence electrons. The molecule has 0 aromatic heterocycles. The third-order valence-electron chi connectivity index (χ3n) is 6.17. The average Bonchev–Trinajstić information content (AvgIpc) is 3.30. The smallest absolute Gasteiger partial charge is 0.409 e. The van der Waals surface area contributed by atoms with Crippen molar-refractivity contribution in [1.29, 1.82) is 0 Å². The fourth-order valence-corrected chi connectivity index (χ4v) is 4.39. The first kappa shape index (κ1) is 23.4. The van der Waals surface area contributed by atoms with Crippen molar-refractivity contribution in [1.82, 2.24) is 20.4 Å². The van der Waals surface area contributed by atoms with Gasteiger partial charge in [0, 0.05) is 25.7 Å². The molecule has 7 heteroatoms. The van der Waals surface area contributed by atoms with Gasteiger partial charge in [0.15, 0.2) is 5.96 Å². The van der Waals surface area contributed by atoms with Crippen molar-refractivity contribution in [3.05, 3.63) is 35.4 Å². The summed E-state index contributed by atoms with van der Waals surface area (Å²) in [4.78, 5) is 21.3. The summed E-state index contributed by atoms with van der Waals surface area (Å²) < 4.78 is 5.13. The van der Waals surface area contributed by atoms with E-state index in [1.54, 1.807) is 4.90 Å². The first-order valence-electron chi connectivity index (χ1n) is 11.9. The number of hydrogen-bond donors (Lipinski definition) is 2. The molecule has 2 fully saturated rings. The lowest BCUT2D eigenvalue weighted by molar-refractivity contribution is 0.0963. The number of aliphatic imine (C=N–C) groups is 1. The molecule has 0 radical (unpaired) electrons. The van der Waals surface area contributed by atoms with Gasteiger partial charge in [-0.05, 0) is 65.1 Å². The van der Waals surface area contributed by atoms with Crippen LogP contribution in [0.2, 0.25) is 0 Å². The molecule has 7 nitrogen and oxygen atoms in total. The summed E-state index contributed by atoms with van der Waals surface area (Å²) in [5.74, 6) is 0.869. The van der Waals surface area contributed by atoms with E-state index in [0.29, 0.717) is 18.7 Å². The fraction of sp³-hybridized carbons (Fsp3) is 0.667. The highest BCUT2D eigenvalue weighted by molar-refractivity contribution is 5.80. The van der Waals surface area contributed by atoms with E-state index in [1.807, 2.05) is 6.92 Å². The molecule has 2 saturated heterocycles. The van der Waals surface area contributed by atoms with Crippen LogP contribution < -0.4 is 10.6 Å². The van der Waals surface area contributed by atoms with E-state index in [9.17, 15) is 4.79 Å². The van der Waals surface area contributed by atoms with Crippen LogP contribution >= 0.6 is 0 Å². The lowest BCUT2D eigenvalue weighted by atomic mass is 10.0. The summed E-state index contributed by atoms with van der Waals surface area (Å²) in [5, 5.41) is 7.00. The van der Waals surface area contributed by atoms with Crippen molar-refractivity contribution in [3.63, 3.8) is 0 Å². The van der Waals surface area contributed by atoms with Crippen molar-refractivity contribution in [2.75, 3.05) is 45.9 Å². The molecule has 1 unspecified atom stereocenters. The first-order valence-corrected chi connectivity index (χ1v) is 11.9. The molecule has 0 aliphatic carbocycles. The second-order valence-corrected chi connectivity index (χ2v) is 8.49. The lowest BCUT2D eigenvalue weighted by Crippen LogP contribution is -2.50. The van der Waals surface area contributed by atoms with Crippen molar-refractivity contribution in [2.45, 2.75) is 58.5 Å². The second kappa shape index (κ2) is 11.9. The van der Waals surface area contributed by atoms with E-state index in [4.69, 9.17) is 9.73 Å². The van der Waals surface area contributed by atoms with E-state index in [0.717, 1.165) is 58.1 Å². The van der Waals surface area contributed by atoms with Gasteiger partial charge in [-0.15, -0.1) is 0 Å². The van der Waals surface area contributed by atoms with Gasteiger partial charge < -0.3 is 20.3 Å². The van der Waals surface area contributed by atoms with Crippen LogP contribution in [0.1, 0.15) is 56.7 Å². The van der Waals surface area contributed by atoms with Crippen LogP contribution in [0.4, 0.5) is 4.79 Å². The number of likely N-dealkylation sites (tertiary alicyclic amines) is 2. The zero-order chi connectivity index (χ0) is 22.1. The van der Waals surface area contributed by atoms with E-state index in [1.165, 1.54) is 24.0 Å². The third kappa shape index (κ3) is 6.86. The number of guanidine groups is 1. The Morgan fingerprint density at radius 1 is 1.13 bits per heavy atom. The molecular weight excluding hydrogens is 390 g/mol. The molecule has 31 heavy (non-hydrogen) atoms. The molecule has 1 aromatic carbocycles. The Labute approximate surface area is 187 Å². The van der Waals surface area contributed by atoms with Gasteiger partial charge in [0.05, 0.1) is 19.2 Å². The maximum absolute atomic E-state index is 11.9. The van der Waals surface area contributed by atoms with Gasteiger partial charge in [0.2, 0.25) is 0 Å². The number of piperidine rings is 1. The summed E-state index contributed by atoms with van der Waals surface area (Å²) in [5.41, 5.74) is 2.63. The number of nitrogens with one attached hydrogen (secondary N) is 2. The Balaban J connectivity index is 1.62. The molecule has 2 heterocycles. The monoisotopic (exact) mass is 429 g/mol. The summed E-state index contributed by atoms with van der Waals surface area (Å²) >= 11 is 0. The molecule has 0 saturated carbocycles. The number of rotatable bonds is 7. The number of aryl methyl sites for hydroxylation is 1. The predicted octanol–water partition coefficient (Wildman–Crippen LogP) is 3.31. The predicted molar refractivity (Wildman–Crippen MR) is 125 cm³/mol. The molecular formula is C24H39N5O2. The summed E-state index contributed by atoms with van der Waals surface area (Å²) in [6, 6.07) is 9.52. The fourth-order valence-electron chi connectivity index (χ4n) is 4.39. The lowest BCUT2D eigenvalue weighted by Gasteiger charge is -2.32. The van der Waals surface area contributed by atoms with E-state index in [-0.39, 0.29) is 6.09 Å². The van der Waals surface area contributed by atoms with Gasteiger partial charge in [0.25, 0.3) is 0 Å². The molecule has 1 atom stereocenters. The van der Waals surface area contributed by atoms with Crippen molar-refractivity contribution < 1.29 is 9.53 Å². The van der Waals surface area contributed by atoms with Gasteiger partial charge in [-0.2, -0.15) is 0 Å². The Kier molecular flexibility index (Phi) is 9.00. The number of amides is 1. The molecule has 1 amide bonds. The quantitative estimate of drug-likeness (QED) is 0.514. The first-order chi connectivity index (χ1) is 15.1. The summed E-state index contributed by atoms with van der Waals surface area (Å²) in [6.07, 6.45) is 4.13. The number of carbonyl (C=O) groups excluding carboxylic acids is 1. The minimum absolute atomic E-state index is 0.201. The number of benzene rings is 1. The van der Waals surface area contributed by atoms with Gasteiger partial charge in [-0.25, -0.2) is 4.79 Å². The zero-order valence-electron chi connectivity index (χ0n) is 19.4. The van der Waals surface area contributed by atoms with E-state index >= 15 is 0 Å². The molecule has 0 spiro atoms. The Morgan fingerprint density at radius 3 is 2.42 bits per heavy atom. The van der Waals surface area contributed by atoms with Gasteiger partial charge in [-0.3, -0.25) is 9.89 Å². The molecule has 2 aliphatic heterocycles. The number of nitrogens with zero attached hydrogens (tertiary/aromatic N) is 3. The van der Waals surface area contributed by atoms with Crippen molar-refractivity contribution >= 4 is 12.1 Å². The minimum Gasteiger partial charge on any atom is -0.450 e. The Hall–Kier alpha value is -2.28. The van der Waals surface area contributed by atoms with Crippen LogP contribution in [0.25, 0.3) is 0 Å². The second-order valence-electron chi connectivity index (χ2n) is 8.49. The van der Waals surface area contributed by atoms with Crippen LogP contribution in [-0.4, -0.2) is 73.8 Å². The summed E-state index contributed by atoms with van der Waals surface area (Å²) in [6.45, 7) is 11.8. The molecule has 0 bridgehead atoms. The van der Waals surface area contributed by atoms with Crippen LogP contribution in [0.5, 0.6) is 0 Å². The maximum atomic E-state index is 11.9. The molecule has 2 N–H and O–H groups in total. The maximum Gasteiger partial charge on any atom is 0.409 e. The van der Waals surface area contributed by atoms with Gasteiger partial charge in [0.1, 0.15) is 0 Å². The van der Waals surface area contributed by atoms with Gasteiger partial charge >= 0.3 is 6.09 Å². The van der Waals surface area contributed by atoms with Crippen molar-refractivity contribution in [2.24, 2.45) is 4.99 Å². The highest BCUT2D eigenvalue weighted by Crippen LogP contribution is 2.26. The number of hydrogen-bond acceptors (Lipinski definition) is 4. The van der Waals surface area contributed by atoms with Crippen LogP contribution in [0.15, 0.2) is 29.3 Å². The Morgan fingerprint density at radius 2 is 1.81 bits per heavy atom.